The number of ether oxygens (including phenoxy) is 1. The lowest BCUT2D eigenvalue weighted by Gasteiger charge is -2.09. The molecule has 0 bridgehead atoms. The SMILES string of the molecule is CCCOc1cnccc1C(=O)c1[nH]c(=S)[nH]c1CC. The number of carbonyl (C=O) groups excluding carboxylic acids is 1. The second-order valence-electron chi connectivity index (χ2n) is 4.34. The predicted octanol–water partition coefficient (Wildman–Crippen LogP) is 3.05. The minimum Gasteiger partial charge on any atom is -0.491 e. The molecule has 106 valence electrons. The highest BCUT2D eigenvalue weighted by molar-refractivity contribution is 7.71. The van der Waals surface area contributed by atoms with Crippen molar-refractivity contribution in [2.24, 2.45) is 0 Å². The van der Waals surface area contributed by atoms with E-state index in [9.17, 15) is 4.79 Å². The summed E-state index contributed by atoms with van der Waals surface area (Å²) in [6.07, 6.45) is 4.72. The van der Waals surface area contributed by atoms with E-state index in [4.69, 9.17) is 17.0 Å². The van der Waals surface area contributed by atoms with E-state index in [-0.39, 0.29) is 5.78 Å². The van der Waals surface area contributed by atoms with Crippen molar-refractivity contribution in [2.75, 3.05) is 6.61 Å². The van der Waals surface area contributed by atoms with E-state index >= 15 is 0 Å². The van der Waals surface area contributed by atoms with Crippen LogP contribution in [0.5, 0.6) is 5.75 Å². The average molecular weight is 291 g/mol. The fraction of sp³-hybridized carbons (Fsp3) is 0.357. The maximum Gasteiger partial charge on any atom is 0.214 e. The van der Waals surface area contributed by atoms with Crippen LogP contribution in [0.15, 0.2) is 18.5 Å². The molecule has 0 aromatic carbocycles. The summed E-state index contributed by atoms with van der Waals surface area (Å²) in [4.78, 5) is 22.5. The zero-order valence-corrected chi connectivity index (χ0v) is 12.3. The largest absolute Gasteiger partial charge is 0.491 e. The Hall–Kier alpha value is -1.95. The van der Waals surface area contributed by atoms with Crippen molar-refractivity contribution in [3.05, 3.63) is 40.2 Å². The normalized spacial score (nSPS) is 10.5. The molecule has 0 saturated carbocycles. The number of ketones is 1. The van der Waals surface area contributed by atoms with Gasteiger partial charge in [-0.15, -0.1) is 0 Å². The van der Waals surface area contributed by atoms with Gasteiger partial charge in [0.05, 0.1) is 18.4 Å². The zero-order chi connectivity index (χ0) is 14.5. The van der Waals surface area contributed by atoms with E-state index in [0.29, 0.717) is 34.8 Å². The average Bonchev–Trinajstić information content (AvgIpc) is 2.85. The molecule has 0 aliphatic carbocycles. The lowest BCUT2D eigenvalue weighted by molar-refractivity contribution is 0.103. The molecule has 0 atom stereocenters. The van der Waals surface area contributed by atoms with Crippen LogP contribution in [0.1, 0.15) is 42.0 Å². The molecule has 2 rings (SSSR count). The standard InChI is InChI=1S/C14H17N3O2S/c1-3-7-19-11-8-15-6-5-9(11)13(18)12-10(4-2)16-14(20)17-12/h5-6,8H,3-4,7H2,1-2H3,(H2,16,17,20). The number of nitrogens with zero attached hydrogens (tertiary/aromatic N) is 1. The predicted molar refractivity (Wildman–Crippen MR) is 78.8 cm³/mol. The first kappa shape index (κ1) is 14.5. The first-order chi connectivity index (χ1) is 9.67. The molecule has 5 nitrogen and oxygen atoms in total. The molecule has 0 aliphatic heterocycles. The Morgan fingerprint density at radius 2 is 2.20 bits per heavy atom. The molecule has 2 aromatic heterocycles. The minimum absolute atomic E-state index is 0.136. The molecule has 20 heavy (non-hydrogen) atoms. The number of carbonyl (C=O) groups is 1. The Balaban J connectivity index is 2.40. The van der Waals surface area contributed by atoms with Crippen molar-refractivity contribution in [3.8, 4) is 5.75 Å². The van der Waals surface area contributed by atoms with Gasteiger partial charge in [0.1, 0.15) is 11.4 Å². The lowest BCUT2D eigenvalue weighted by Crippen LogP contribution is -2.09. The van der Waals surface area contributed by atoms with E-state index in [2.05, 4.69) is 15.0 Å². The molecule has 2 heterocycles. The first-order valence-corrected chi connectivity index (χ1v) is 7.00. The highest BCUT2D eigenvalue weighted by atomic mass is 32.1. The minimum atomic E-state index is -0.136. The van der Waals surface area contributed by atoms with Crippen LogP contribution in [0.4, 0.5) is 0 Å². The van der Waals surface area contributed by atoms with Crippen molar-refractivity contribution in [3.63, 3.8) is 0 Å². The highest BCUT2D eigenvalue weighted by Gasteiger charge is 2.19. The van der Waals surface area contributed by atoms with Crippen molar-refractivity contribution in [1.82, 2.24) is 15.0 Å². The Kier molecular flexibility index (Phi) is 4.68. The third-order valence-corrected chi connectivity index (χ3v) is 3.08. The monoisotopic (exact) mass is 291 g/mol. The molecule has 0 unspecified atom stereocenters. The van der Waals surface area contributed by atoms with Gasteiger partial charge in [0.2, 0.25) is 5.78 Å². The summed E-state index contributed by atoms with van der Waals surface area (Å²) < 4.78 is 6.03. The lowest BCUT2D eigenvalue weighted by atomic mass is 10.1. The van der Waals surface area contributed by atoms with E-state index in [1.54, 1.807) is 18.5 Å². The van der Waals surface area contributed by atoms with Crippen LogP contribution in [-0.4, -0.2) is 27.3 Å². The van der Waals surface area contributed by atoms with Gasteiger partial charge in [-0.3, -0.25) is 9.78 Å². The fourth-order valence-electron chi connectivity index (χ4n) is 1.91. The summed E-state index contributed by atoms with van der Waals surface area (Å²) in [5, 5.41) is 0. The van der Waals surface area contributed by atoms with E-state index in [1.807, 2.05) is 13.8 Å². The number of aromatic nitrogens is 3. The van der Waals surface area contributed by atoms with Gasteiger partial charge in [-0.25, -0.2) is 0 Å². The van der Waals surface area contributed by atoms with Gasteiger partial charge >= 0.3 is 0 Å². The summed E-state index contributed by atoms with van der Waals surface area (Å²) in [5.74, 6) is 0.365. The molecule has 0 fully saturated rings. The van der Waals surface area contributed by atoms with Crippen LogP contribution in [0, 0.1) is 4.77 Å². The zero-order valence-electron chi connectivity index (χ0n) is 11.5. The van der Waals surface area contributed by atoms with Crippen LogP contribution < -0.4 is 4.74 Å². The molecule has 0 amide bonds. The summed E-state index contributed by atoms with van der Waals surface area (Å²) >= 11 is 5.05. The molecule has 0 saturated heterocycles. The second-order valence-corrected chi connectivity index (χ2v) is 4.74. The maximum atomic E-state index is 12.6. The molecule has 2 aromatic rings. The molecular weight excluding hydrogens is 274 g/mol. The quantitative estimate of drug-likeness (QED) is 0.634. The van der Waals surface area contributed by atoms with Crippen LogP contribution in [-0.2, 0) is 6.42 Å². The summed E-state index contributed by atoms with van der Waals surface area (Å²) in [6.45, 7) is 4.53. The van der Waals surface area contributed by atoms with E-state index in [0.717, 1.165) is 12.1 Å². The Morgan fingerprint density at radius 1 is 1.40 bits per heavy atom. The number of aryl methyl sites for hydroxylation is 1. The smallest absolute Gasteiger partial charge is 0.214 e. The van der Waals surface area contributed by atoms with Crippen molar-refractivity contribution >= 4 is 18.0 Å². The second kappa shape index (κ2) is 6.47. The van der Waals surface area contributed by atoms with Crippen LogP contribution >= 0.6 is 12.2 Å². The first-order valence-electron chi connectivity index (χ1n) is 6.60. The number of H-pyrrole nitrogens is 2. The Labute approximate surface area is 122 Å². The molecule has 0 radical (unpaired) electrons. The number of nitrogens with one attached hydrogen (secondary N) is 2. The maximum absolute atomic E-state index is 12.6. The van der Waals surface area contributed by atoms with Gasteiger partial charge in [-0.1, -0.05) is 13.8 Å². The van der Waals surface area contributed by atoms with Gasteiger partial charge in [-0.2, -0.15) is 0 Å². The summed E-state index contributed by atoms with van der Waals surface area (Å²) in [7, 11) is 0. The summed E-state index contributed by atoms with van der Waals surface area (Å²) in [5.41, 5.74) is 1.79. The number of rotatable bonds is 6. The molecule has 2 N–H and O–H groups in total. The number of hydrogen-bond donors (Lipinski definition) is 2. The summed E-state index contributed by atoms with van der Waals surface area (Å²) in [6, 6.07) is 1.66. The number of pyridine rings is 1. The Bertz CT molecular complexity index is 660. The van der Waals surface area contributed by atoms with Crippen LogP contribution in [0.25, 0.3) is 0 Å². The fourth-order valence-corrected chi connectivity index (χ4v) is 2.13. The third-order valence-electron chi connectivity index (χ3n) is 2.88. The van der Waals surface area contributed by atoms with E-state index < -0.39 is 0 Å². The van der Waals surface area contributed by atoms with Gasteiger partial charge in [0.15, 0.2) is 4.77 Å². The Morgan fingerprint density at radius 3 is 2.90 bits per heavy atom. The van der Waals surface area contributed by atoms with E-state index in [1.165, 1.54) is 0 Å². The van der Waals surface area contributed by atoms with Gasteiger partial charge in [-0.05, 0) is 31.1 Å². The van der Waals surface area contributed by atoms with Crippen molar-refractivity contribution in [1.29, 1.82) is 0 Å². The molecular formula is C14H17N3O2S. The van der Waals surface area contributed by atoms with Crippen LogP contribution in [0.3, 0.4) is 0 Å². The van der Waals surface area contributed by atoms with Gasteiger partial charge < -0.3 is 14.7 Å². The van der Waals surface area contributed by atoms with Crippen molar-refractivity contribution < 1.29 is 9.53 Å². The van der Waals surface area contributed by atoms with Crippen LogP contribution in [0.2, 0.25) is 0 Å². The molecule has 6 heteroatoms. The number of imidazole rings is 1. The van der Waals surface area contributed by atoms with Gasteiger partial charge in [0, 0.05) is 11.9 Å². The topological polar surface area (TPSA) is 70.8 Å². The molecule has 0 aliphatic rings. The van der Waals surface area contributed by atoms with Crippen molar-refractivity contribution in [2.45, 2.75) is 26.7 Å². The highest BCUT2D eigenvalue weighted by Crippen LogP contribution is 2.21. The molecule has 0 spiro atoms. The number of hydrogen-bond acceptors (Lipinski definition) is 4. The van der Waals surface area contributed by atoms with Gasteiger partial charge in [0.25, 0.3) is 0 Å². The number of aromatic amines is 2. The third kappa shape index (κ3) is 2.96.